The van der Waals surface area contributed by atoms with Crippen molar-refractivity contribution in [2.45, 2.75) is 6.92 Å². The van der Waals surface area contributed by atoms with E-state index in [9.17, 15) is 13.2 Å². The van der Waals surface area contributed by atoms with Gasteiger partial charge in [-0.1, -0.05) is 0 Å². The molecular formula is C14H8BrF3N2S. The molecule has 1 heterocycles. The highest BCUT2D eigenvalue weighted by atomic mass is 79.9. The second-order valence-electron chi connectivity index (χ2n) is 4.58. The van der Waals surface area contributed by atoms with E-state index in [2.05, 4.69) is 20.9 Å². The third kappa shape index (κ3) is 2.20. The van der Waals surface area contributed by atoms with Crippen LogP contribution in [0.25, 0.3) is 16.7 Å². The fourth-order valence-electron chi connectivity index (χ4n) is 2.24. The summed E-state index contributed by atoms with van der Waals surface area (Å²) in [6.45, 7) is 1.67. The summed E-state index contributed by atoms with van der Waals surface area (Å²) in [6.07, 6.45) is 0. The van der Waals surface area contributed by atoms with Gasteiger partial charge in [0.2, 0.25) is 0 Å². The van der Waals surface area contributed by atoms with Gasteiger partial charge in [0.05, 0.1) is 15.7 Å². The van der Waals surface area contributed by atoms with Crippen LogP contribution < -0.4 is 0 Å². The Balaban J connectivity index is 2.46. The van der Waals surface area contributed by atoms with Gasteiger partial charge in [-0.2, -0.15) is 0 Å². The maximum atomic E-state index is 14.1. The van der Waals surface area contributed by atoms with Gasteiger partial charge in [0, 0.05) is 0 Å². The lowest BCUT2D eigenvalue weighted by Gasteiger charge is -2.10. The summed E-state index contributed by atoms with van der Waals surface area (Å²) in [7, 11) is 0. The van der Waals surface area contributed by atoms with Gasteiger partial charge in [0.25, 0.3) is 0 Å². The predicted molar refractivity (Wildman–Crippen MR) is 80.8 cm³/mol. The van der Waals surface area contributed by atoms with Gasteiger partial charge in [-0.3, -0.25) is 4.57 Å². The highest BCUT2D eigenvalue weighted by Gasteiger charge is 2.17. The van der Waals surface area contributed by atoms with E-state index in [0.29, 0.717) is 16.8 Å². The smallest absolute Gasteiger partial charge is 0.184 e. The molecule has 108 valence electrons. The molecule has 0 saturated heterocycles. The zero-order valence-electron chi connectivity index (χ0n) is 10.7. The predicted octanol–water partition coefficient (Wildman–Crippen LogP) is 5.18. The number of H-pyrrole nitrogens is 1. The molecule has 0 bridgehead atoms. The summed E-state index contributed by atoms with van der Waals surface area (Å²) >= 11 is 8.27. The SMILES string of the molecule is Cc1cc(F)c(Br)cc1-n1c(=S)[nH]c2ccc(F)c(F)c21. The molecule has 1 N–H and O–H groups in total. The second-order valence-corrected chi connectivity index (χ2v) is 5.82. The Hall–Kier alpha value is -1.60. The average Bonchev–Trinajstić information content (AvgIpc) is 2.75. The van der Waals surface area contributed by atoms with Crippen molar-refractivity contribution in [2.75, 3.05) is 0 Å². The molecule has 0 unspecified atom stereocenters. The molecule has 3 aromatic rings. The number of nitrogens with one attached hydrogen (secondary N) is 1. The largest absolute Gasteiger partial charge is 0.330 e. The first-order valence-electron chi connectivity index (χ1n) is 5.95. The van der Waals surface area contributed by atoms with Gasteiger partial charge < -0.3 is 4.98 Å². The number of halogens is 4. The highest BCUT2D eigenvalue weighted by Crippen LogP contribution is 2.28. The molecule has 0 aliphatic rings. The molecule has 2 nitrogen and oxygen atoms in total. The van der Waals surface area contributed by atoms with Crippen LogP contribution in [0.15, 0.2) is 28.7 Å². The van der Waals surface area contributed by atoms with Crippen molar-refractivity contribution in [2.24, 2.45) is 0 Å². The number of hydrogen-bond donors (Lipinski definition) is 1. The molecule has 0 atom stereocenters. The number of fused-ring (bicyclic) bond motifs is 1. The van der Waals surface area contributed by atoms with Crippen LogP contribution in [0.1, 0.15) is 5.56 Å². The van der Waals surface area contributed by atoms with Gasteiger partial charge in [-0.05, 0) is 64.9 Å². The van der Waals surface area contributed by atoms with Crippen molar-refractivity contribution in [3.05, 3.63) is 56.5 Å². The lowest BCUT2D eigenvalue weighted by molar-refractivity contribution is 0.514. The lowest BCUT2D eigenvalue weighted by atomic mass is 10.2. The van der Waals surface area contributed by atoms with E-state index in [1.165, 1.54) is 22.8 Å². The Morgan fingerprint density at radius 2 is 1.86 bits per heavy atom. The first-order valence-corrected chi connectivity index (χ1v) is 7.15. The molecule has 0 saturated carbocycles. The molecule has 7 heteroatoms. The van der Waals surface area contributed by atoms with Crippen molar-refractivity contribution in [1.82, 2.24) is 9.55 Å². The number of benzene rings is 2. The van der Waals surface area contributed by atoms with E-state index in [0.717, 1.165) is 6.07 Å². The molecule has 0 aliphatic heterocycles. The maximum absolute atomic E-state index is 14.1. The Morgan fingerprint density at radius 1 is 1.14 bits per heavy atom. The van der Waals surface area contributed by atoms with Gasteiger partial charge in [0.1, 0.15) is 11.3 Å². The number of aromatic nitrogens is 2. The van der Waals surface area contributed by atoms with Crippen LogP contribution in [-0.2, 0) is 0 Å². The molecule has 0 amide bonds. The summed E-state index contributed by atoms with van der Waals surface area (Å²) in [5.74, 6) is -2.40. The Bertz CT molecular complexity index is 930. The summed E-state index contributed by atoms with van der Waals surface area (Å²) in [4.78, 5) is 2.82. The van der Waals surface area contributed by atoms with Crippen molar-refractivity contribution in [3.63, 3.8) is 0 Å². The van der Waals surface area contributed by atoms with Crippen LogP contribution >= 0.6 is 28.1 Å². The van der Waals surface area contributed by atoms with E-state index in [-0.39, 0.29) is 14.8 Å². The average molecular weight is 373 g/mol. The van der Waals surface area contributed by atoms with Crippen molar-refractivity contribution in [3.8, 4) is 5.69 Å². The zero-order chi connectivity index (χ0) is 15.3. The van der Waals surface area contributed by atoms with Crippen LogP contribution in [0.3, 0.4) is 0 Å². The van der Waals surface area contributed by atoms with Crippen molar-refractivity contribution >= 4 is 39.2 Å². The minimum Gasteiger partial charge on any atom is -0.330 e. The van der Waals surface area contributed by atoms with Crippen molar-refractivity contribution in [1.29, 1.82) is 0 Å². The number of hydrogen-bond acceptors (Lipinski definition) is 1. The Kier molecular flexibility index (Phi) is 3.41. The third-order valence-electron chi connectivity index (χ3n) is 3.22. The van der Waals surface area contributed by atoms with Crippen LogP contribution in [0.4, 0.5) is 13.2 Å². The molecule has 0 spiro atoms. The van der Waals surface area contributed by atoms with E-state index in [4.69, 9.17) is 12.2 Å². The normalized spacial score (nSPS) is 11.3. The van der Waals surface area contributed by atoms with E-state index in [1.807, 2.05) is 0 Å². The summed E-state index contributed by atoms with van der Waals surface area (Å²) in [5, 5.41) is 0. The first-order chi connectivity index (χ1) is 9.90. The molecule has 1 aromatic heterocycles. The number of nitrogens with zero attached hydrogens (tertiary/aromatic N) is 1. The number of imidazole rings is 1. The van der Waals surface area contributed by atoms with Crippen LogP contribution in [0.2, 0.25) is 0 Å². The minimum atomic E-state index is -1.00. The van der Waals surface area contributed by atoms with Crippen molar-refractivity contribution < 1.29 is 13.2 Å². The maximum Gasteiger partial charge on any atom is 0.184 e. The zero-order valence-corrected chi connectivity index (χ0v) is 13.1. The number of rotatable bonds is 1. The van der Waals surface area contributed by atoms with E-state index < -0.39 is 17.5 Å². The Labute approximate surface area is 131 Å². The van der Waals surface area contributed by atoms with Crippen LogP contribution in [-0.4, -0.2) is 9.55 Å². The molecular weight excluding hydrogens is 365 g/mol. The summed E-state index contributed by atoms with van der Waals surface area (Å²) < 4.78 is 42.9. The highest BCUT2D eigenvalue weighted by molar-refractivity contribution is 9.10. The van der Waals surface area contributed by atoms with E-state index >= 15 is 0 Å². The number of aromatic amines is 1. The molecule has 3 rings (SSSR count). The molecule has 0 fully saturated rings. The molecule has 0 aliphatic carbocycles. The van der Waals surface area contributed by atoms with E-state index in [1.54, 1.807) is 6.92 Å². The summed E-state index contributed by atoms with van der Waals surface area (Å²) in [5.41, 5.74) is 1.40. The Morgan fingerprint density at radius 3 is 2.57 bits per heavy atom. The fraction of sp³-hybridized carbons (Fsp3) is 0.0714. The van der Waals surface area contributed by atoms with Crippen LogP contribution in [0, 0.1) is 29.1 Å². The second kappa shape index (κ2) is 4.99. The van der Waals surface area contributed by atoms with Gasteiger partial charge in [-0.15, -0.1) is 0 Å². The van der Waals surface area contributed by atoms with Crippen LogP contribution in [0.5, 0.6) is 0 Å². The summed E-state index contributed by atoms with van der Waals surface area (Å²) in [6, 6.07) is 5.23. The minimum absolute atomic E-state index is 0.00149. The standard InChI is InChI=1S/C14H8BrF3N2S/c1-6-4-9(17)7(15)5-11(6)20-13-10(19-14(20)21)3-2-8(16)12(13)18/h2-5H,1H3,(H,19,21). The molecule has 0 radical (unpaired) electrons. The monoisotopic (exact) mass is 372 g/mol. The van der Waals surface area contributed by atoms with Gasteiger partial charge in [-0.25, -0.2) is 13.2 Å². The van der Waals surface area contributed by atoms with Gasteiger partial charge in [0.15, 0.2) is 16.4 Å². The first kappa shape index (κ1) is 14.3. The topological polar surface area (TPSA) is 20.7 Å². The third-order valence-corrected chi connectivity index (χ3v) is 4.11. The quantitative estimate of drug-likeness (QED) is 0.584. The number of aryl methyl sites for hydroxylation is 1. The molecule has 21 heavy (non-hydrogen) atoms. The fourth-order valence-corrected chi connectivity index (χ4v) is 2.87. The lowest BCUT2D eigenvalue weighted by Crippen LogP contribution is -2.01. The van der Waals surface area contributed by atoms with Gasteiger partial charge >= 0.3 is 0 Å². The molecule has 2 aromatic carbocycles.